The minimum absolute atomic E-state index is 0.594. The second kappa shape index (κ2) is 9.98. The van der Waals surface area contributed by atoms with E-state index in [0.717, 1.165) is 67.3 Å². The lowest BCUT2D eigenvalue weighted by atomic mass is 10.2. The van der Waals surface area contributed by atoms with Gasteiger partial charge in [0.05, 0.1) is 18.1 Å². The fraction of sp³-hybridized carbons (Fsp3) is 0.524. The van der Waals surface area contributed by atoms with Crippen molar-refractivity contribution < 1.29 is 0 Å². The molecule has 0 aromatic carbocycles. The van der Waals surface area contributed by atoms with Crippen molar-refractivity contribution in [3.05, 3.63) is 46.9 Å². The van der Waals surface area contributed by atoms with Crippen LogP contribution in [0.3, 0.4) is 0 Å². The Morgan fingerprint density at radius 1 is 1.24 bits per heavy atom. The van der Waals surface area contributed by atoms with Gasteiger partial charge in [0, 0.05) is 64.9 Å². The first-order valence-electron chi connectivity index (χ1n) is 10.1. The Labute approximate surface area is 179 Å². The van der Waals surface area contributed by atoms with Crippen LogP contribution in [0.25, 0.3) is 0 Å². The summed E-state index contributed by atoms with van der Waals surface area (Å²) in [6.45, 7) is 8.44. The SMILES string of the molecule is CCNC(=NCc1ccc(N2CCN(C)CC2)nc1)N(C)Cc1cc(Cl)cn1C. The lowest BCUT2D eigenvalue weighted by molar-refractivity contribution is 0.312. The maximum atomic E-state index is 6.11. The maximum Gasteiger partial charge on any atom is 0.194 e. The molecular weight excluding hydrogens is 386 g/mol. The molecule has 0 aliphatic carbocycles. The average molecular weight is 418 g/mol. The normalized spacial score (nSPS) is 15.6. The molecule has 158 valence electrons. The number of halogens is 1. The molecule has 1 N–H and O–H groups in total. The molecule has 3 heterocycles. The van der Waals surface area contributed by atoms with Gasteiger partial charge in [-0.2, -0.15) is 0 Å². The summed E-state index contributed by atoms with van der Waals surface area (Å²) < 4.78 is 2.05. The number of hydrogen-bond donors (Lipinski definition) is 1. The molecule has 3 rings (SSSR count). The van der Waals surface area contributed by atoms with Gasteiger partial charge in [-0.15, -0.1) is 0 Å². The molecule has 0 bridgehead atoms. The first-order valence-corrected chi connectivity index (χ1v) is 10.5. The molecule has 2 aromatic heterocycles. The number of guanidine groups is 1. The molecule has 0 spiro atoms. The number of hydrogen-bond acceptors (Lipinski definition) is 4. The highest BCUT2D eigenvalue weighted by Crippen LogP contribution is 2.15. The van der Waals surface area contributed by atoms with Crippen molar-refractivity contribution in [2.45, 2.75) is 20.0 Å². The van der Waals surface area contributed by atoms with Gasteiger partial charge in [-0.05, 0) is 31.7 Å². The Hall–Kier alpha value is -2.25. The molecule has 0 radical (unpaired) electrons. The topological polar surface area (TPSA) is 51.9 Å². The second-order valence-corrected chi connectivity index (χ2v) is 8.04. The molecule has 1 aliphatic heterocycles. The van der Waals surface area contributed by atoms with Gasteiger partial charge in [0.15, 0.2) is 5.96 Å². The fourth-order valence-corrected chi connectivity index (χ4v) is 3.68. The van der Waals surface area contributed by atoms with Crippen LogP contribution in [0.1, 0.15) is 18.2 Å². The van der Waals surface area contributed by atoms with Gasteiger partial charge >= 0.3 is 0 Å². The van der Waals surface area contributed by atoms with Crippen molar-refractivity contribution in [1.29, 1.82) is 0 Å². The van der Waals surface area contributed by atoms with Crippen LogP contribution in [0.2, 0.25) is 5.02 Å². The molecule has 0 saturated carbocycles. The molecule has 1 saturated heterocycles. The van der Waals surface area contributed by atoms with E-state index in [1.54, 1.807) is 0 Å². The van der Waals surface area contributed by atoms with E-state index < -0.39 is 0 Å². The number of aryl methyl sites for hydroxylation is 1. The van der Waals surface area contributed by atoms with Crippen LogP contribution in [0.5, 0.6) is 0 Å². The summed E-state index contributed by atoms with van der Waals surface area (Å²) >= 11 is 6.11. The highest BCUT2D eigenvalue weighted by atomic mass is 35.5. The summed E-state index contributed by atoms with van der Waals surface area (Å²) in [7, 11) is 6.21. The summed E-state index contributed by atoms with van der Waals surface area (Å²) in [5.41, 5.74) is 2.25. The summed E-state index contributed by atoms with van der Waals surface area (Å²) in [5, 5.41) is 4.12. The molecule has 0 unspecified atom stereocenters. The van der Waals surface area contributed by atoms with Crippen LogP contribution in [-0.2, 0) is 20.1 Å². The predicted octanol–water partition coefficient (Wildman–Crippen LogP) is 2.42. The van der Waals surface area contributed by atoms with E-state index in [9.17, 15) is 0 Å². The Kier molecular flexibility index (Phi) is 7.39. The maximum absolute atomic E-state index is 6.11. The summed E-state index contributed by atoms with van der Waals surface area (Å²) in [5.74, 6) is 1.92. The zero-order chi connectivity index (χ0) is 20.8. The van der Waals surface area contributed by atoms with Crippen molar-refractivity contribution in [3.8, 4) is 0 Å². The molecule has 29 heavy (non-hydrogen) atoms. The van der Waals surface area contributed by atoms with Gasteiger partial charge in [0.2, 0.25) is 0 Å². The third kappa shape index (κ3) is 5.87. The zero-order valence-corrected chi connectivity index (χ0v) is 18.7. The van der Waals surface area contributed by atoms with Crippen molar-refractivity contribution in [1.82, 2.24) is 24.7 Å². The molecule has 0 amide bonds. The monoisotopic (exact) mass is 417 g/mol. The van der Waals surface area contributed by atoms with Gasteiger partial charge in [0.25, 0.3) is 0 Å². The molecule has 0 atom stereocenters. The molecule has 1 fully saturated rings. The van der Waals surface area contributed by atoms with Gasteiger partial charge in [0.1, 0.15) is 5.82 Å². The Morgan fingerprint density at radius 2 is 2.00 bits per heavy atom. The molecule has 1 aliphatic rings. The van der Waals surface area contributed by atoms with Crippen LogP contribution in [0, 0.1) is 0 Å². The predicted molar refractivity (Wildman–Crippen MR) is 121 cm³/mol. The van der Waals surface area contributed by atoms with Gasteiger partial charge in [-0.3, -0.25) is 0 Å². The fourth-order valence-electron chi connectivity index (χ4n) is 3.41. The lowest BCUT2D eigenvalue weighted by Gasteiger charge is -2.33. The number of nitrogens with one attached hydrogen (secondary N) is 1. The quantitative estimate of drug-likeness (QED) is 0.577. The van der Waals surface area contributed by atoms with Crippen LogP contribution in [0.15, 0.2) is 35.6 Å². The summed E-state index contributed by atoms with van der Waals surface area (Å²) in [6.07, 6.45) is 3.86. The average Bonchev–Trinajstić information content (AvgIpc) is 3.03. The van der Waals surface area contributed by atoms with E-state index in [2.05, 4.69) is 51.1 Å². The third-order valence-electron chi connectivity index (χ3n) is 5.22. The Bertz CT molecular complexity index is 807. The number of pyridine rings is 1. The van der Waals surface area contributed by atoms with Crippen LogP contribution >= 0.6 is 11.6 Å². The van der Waals surface area contributed by atoms with Crippen molar-refractivity contribution in [2.24, 2.45) is 12.0 Å². The van der Waals surface area contributed by atoms with Crippen LogP contribution in [-0.4, -0.2) is 72.1 Å². The smallest absolute Gasteiger partial charge is 0.194 e. The Balaban J connectivity index is 1.62. The number of likely N-dealkylation sites (N-methyl/N-ethyl adjacent to an activating group) is 1. The van der Waals surface area contributed by atoms with Crippen molar-refractivity contribution in [3.63, 3.8) is 0 Å². The second-order valence-electron chi connectivity index (χ2n) is 7.60. The first kappa shape index (κ1) is 21.5. The minimum atomic E-state index is 0.594. The van der Waals surface area contributed by atoms with E-state index in [0.29, 0.717) is 6.54 Å². The van der Waals surface area contributed by atoms with E-state index >= 15 is 0 Å². The highest BCUT2D eigenvalue weighted by Gasteiger charge is 2.15. The number of aromatic nitrogens is 2. The molecule has 7 nitrogen and oxygen atoms in total. The van der Waals surface area contributed by atoms with Crippen LogP contribution < -0.4 is 10.2 Å². The number of aliphatic imine (C=N–C) groups is 1. The highest BCUT2D eigenvalue weighted by molar-refractivity contribution is 6.30. The van der Waals surface area contributed by atoms with Crippen LogP contribution in [0.4, 0.5) is 5.82 Å². The summed E-state index contributed by atoms with van der Waals surface area (Å²) in [6, 6.07) is 6.23. The number of nitrogens with zero attached hydrogens (tertiary/aromatic N) is 6. The lowest BCUT2D eigenvalue weighted by Crippen LogP contribution is -2.44. The van der Waals surface area contributed by atoms with Crippen molar-refractivity contribution in [2.75, 3.05) is 51.7 Å². The first-order chi connectivity index (χ1) is 14.0. The van der Waals surface area contributed by atoms with E-state index in [4.69, 9.17) is 16.6 Å². The largest absolute Gasteiger partial charge is 0.357 e. The minimum Gasteiger partial charge on any atom is -0.357 e. The van der Waals surface area contributed by atoms with E-state index in [1.807, 2.05) is 37.1 Å². The van der Waals surface area contributed by atoms with Gasteiger partial charge < -0.3 is 24.6 Å². The standard InChI is InChI=1S/C21H32ClN7/c1-5-23-21(28(4)16-19-12-18(22)15-27(19)3)25-14-17-6-7-20(24-13-17)29-10-8-26(2)9-11-29/h6-7,12-13,15H,5,8-11,14,16H2,1-4H3,(H,23,25). The van der Waals surface area contributed by atoms with Gasteiger partial charge in [-0.25, -0.2) is 9.98 Å². The Morgan fingerprint density at radius 3 is 2.59 bits per heavy atom. The molecular formula is C21H32ClN7. The number of anilines is 1. The number of rotatable bonds is 6. The van der Waals surface area contributed by atoms with E-state index in [-0.39, 0.29) is 0 Å². The van der Waals surface area contributed by atoms with Gasteiger partial charge in [-0.1, -0.05) is 17.7 Å². The third-order valence-corrected chi connectivity index (χ3v) is 5.42. The zero-order valence-electron chi connectivity index (χ0n) is 17.9. The number of piperazine rings is 1. The molecule has 2 aromatic rings. The molecule has 8 heteroatoms. The summed E-state index contributed by atoms with van der Waals surface area (Å²) in [4.78, 5) is 16.3. The van der Waals surface area contributed by atoms with E-state index in [1.165, 1.54) is 0 Å². The van der Waals surface area contributed by atoms with Crippen molar-refractivity contribution >= 4 is 23.4 Å².